The highest BCUT2D eigenvalue weighted by atomic mass is 16.3. The first-order chi connectivity index (χ1) is 8.48. The van der Waals surface area contributed by atoms with Gasteiger partial charge in [-0.1, -0.05) is 6.92 Å². The Hall–Kier alpha value is -0.870. The Bertz CT molecular complexity index is 380. The Morgan fingerprint density at radius 2 is 2.22 bits per heavy atom. The monoisotopic (exact) mass is 251 g/mol. The molecule has 0 saturated heterocycles. The summed E-state index contributed by atoms with van der Waals surface area (Å²) in [5, 5.41) is 18.1. The molecule has 0 spiro atoms. The number of aryl methyl sites for hydroxylation is 1. The first-order valence-corrected chi connectivity index (χ1v) is 6.93. The second-order valence-corrected chi connectivity index (χ2v) is 5.96. The topological polar surface area (TPSA) is 50.1 Å². The van der Waals surface area contributed by atoms with Gasteiger partial charge in [0.2, 0.25) is 0 Å². The van der Waals surface area contributed by atoms with Gasteiger partial charge in [0.1, 0.15) is 0 Å². The maximum Gasteiger partial charge on any atom is 0.0772 e. The highest BCUT2D eigenvalue weighted by Gasteiger charge is 2.31. The molecule has 1 fully saturated rings. The highest BCUT2D eigenvalue weighted by Crippen LogP contribution is 2.31. The maximum atomic E-state index is 10.5. The van der Waals surface area contributed by atoms with Gasteiger partial charge in [0.15, 0.2) is 0 Å². The van der Waals surface area contributed by atoms with E-state index in [1.807, 2.05) is 24.1 Å². The third kappa shape index (κ3) is 3.33. The highest BCUT2D eigenvalue weighted by molar-refractivity contribution is 5.09. The van der Waals surface area contributed by atoms with Crippen molar-refractivity contribution in [2.75, 3.05) is 6.54 Å². The number of nitrogens with one attached hydrogen (secondary N) is 1. The summed E-state index contributed by atoms with van der Waals surface area (Å²) < 4.78 is 1.81. The lowest BCUT2D eigenvalue weighted by Gasteiger charge is -2.35. The van der Waals surface area contributed by atoms with Crippen LogP contribution in [0.5, 0.6) is 0 Å². The molecule has 4 heteroatoms. The first-order valence-electron chi connectivity index (χ1n) is 6.93. The van der Waals surface area contributed by atoms with Crippen molar-refractivity contribution in [3.8, 4) is 0 Å². The standard InChI is InChI=1S/C14H25N3O/c1-11-4-6-14(18,7-5-11)10-15-12(2)13-8-16-17(3)9-13/h8-9,11-12,15,18H,4-7,10H2,1-3H3. The van der Waals surface area contributed by atoms with Crippen molar-refractivity contribution in [3.05, 3.63) is 18.0 Å². The SMILES string of the molecule is CC1CCC(O)(CNC(C)c2cnn(C)c2)CC1. The molecule has 1 aliphatic carbocycles. The molecule has 4 nitrogen and oxygen atoms in total. The van der Waals surface area contributed by atoms with Crippen molar-refractivity contribution in [1.29, 1.82) is 0 Å². The van der Waals surface area contributed by atoms with E-state index in [-0.39, 0.29) is 6.04 Å². The fraction of sp³-hybridized carbons (Fsp3) is 0.786. The second kappa shape index (κ2) is 5.41. The molecule has 1 aliphatic rings. The van der Waals surface area contributed by atoms with Gasteiger partial charge >= 0.3 is 0 Å². The number of hydrogen-bond donors (Lipinski definition) is 2. The van der Waals surface area contributed by atoms with Crippen LogP contribution in [-0.4, -0.2) is 27.0 Å². The molecule has 18 heavy (non-hydrogen) atoms. The average Bonchev–Trinajstić information content (AvgIpc) is 2.77. The summed E-state index contributed by atoms with van der Waals surface area (Å²) in [5.74, 6) is 0.765. The van der Waals surface area contributed by atoms with Crippen LogP contribution < -0.4 is 5.32 Å². The predicted molar refractivity (Wildman–Crippen MR) is 72.2 cm³/mol. The smallest absolute Gasteiger partial charge is 0.0772 e. The molecule has 0 radical (unpaired) electrons. The maximum absolute atomic E-state index is 10.5. The van der Waals surface area contributed by atoms with Crippen LogP contribution in [0.15, 0.2) is 12.4 Å². The molecule has 0 bridgehead atoms. The van der Waals surface area contributed by atoms with Crippen molar-refractivity contribution >= 4 is 0 Å². The molecule has 102 valence electrons. The Kier molecular flexibility index (Phi) is 4.07. The zero-order valence-corrected chi connectivity index (χ0v) is 11.7. The van der Waals surface area contributed by atoms with Crippen LogP contribution in [0.1, 0.15) is 51.1 Å². The van der Waals surface area contributed by atoms with Crippen molar-refractivity contribution in [3.63, 3.8) is 0 Å². The number of aromatic nitrogens is 2. The molecule has 1 heterocycles. The molecule has 2 rings (SSSR count). The van der Waals surface area contributed by atoms with E-state index in [0.29, 0.717) is 6.54 Å². The van der Waals surface area contributed by atoms with Crippen molar-refractivity contribution in [2.24, 2.45) is 13.0 Å². The van der Waals surface area contributed by atoms with Crippen LogP contribution in [0.4, 0.5) is 0 Å². The van der Waals surface area contributed by atoms with E-state index in [4.69, 9.17) is 0 Å². The Balaban J connectivity index is 1.84. The zero-order chi connectivity index (χ0) is 13.2. The Morgan fingerprint density at radius 1 is 1.56 bits per heavy atom. The minimum Gasteiger partial charge on any atom is -0.389 e. The number of hydrogen-bond acceptors (Lipinski definition) is 3. The van der Waals surface area contributed by atoms with Gasteiger partial charge < -0.3 is 10.4 Å². The summed E-state index contributed by atoms with van der Waals surface area (Å²) in [6.07, 6.45) is 8.01. The molecule has 1 saturated carbocycles. The van der Waals surface area contributed by atoms with Gasteiger partial charge in [0.05, 0.1) is 11.8 Å². The van der Waals surface area contributed by atoms with Crippen LogP contribution in [-0.2, 0) is 7.05 Å². The van der Waals surface area contributed by atoms with Gasteiger partial charge in [-0.05, 0) is 38.5 Å². The van der Waals surface area contributed by atoms with Crippen LogP contribution in [0.25, 0.3) is 0 Å². The van der Waals surface area contributed by atoms with Crippen molar-refractivity contribution in [2.45, 2.75) is 51.2 Å². The van der Waals surface area contributed by atoms with E-state index in [1.54, 1.807) is 0 Å². The largest absolute Gasteiger partial charge is 0.389 e. The molecule has 0 aromatic carbocycles. The van der Waals surface area contributed by atoms with Crippen LogP contribution in [0.3, 0.4) is 0 Å². The van der Waals surface area contributed by atoms with Crippen LogP contribution in [0.2, 0.25) is 0 Å². The Labute approximate surface area is 109 Å². The number of aliphatic hydroxyl groups is 1. The number of rotatable bonds is 4. The normalized spacial score (nSPS) is 30.3. The molecule has 2 N–H and O–H groups in total. The minimum absolute atomic E-state index is 0.238. The lowest BCUT2D eigenvalue weighted by atomic mass is 9.79. The predicted octanol–water partition coefficient (Wildman–Crippen LogP) is 2.01. The van der Waals surface area contributed by atoms with E-state index in [2.05, 4.69) is 24.3 Å². The molecule has 0 aliphatic heterocycles. The van der Waals surface area contributed by atoms with Gasteiger partial charge in [0, 0.05) is 31.4 Å². The summed E-state index contributed by atoms with van der Waals surface area (Å²) in [4.78, 5) is 0. The summed E-state index contributed by atoms with van der Waals surface area (Å²) in [6, 6.07) is 0.238. The summed E-state index contributed by atoms with van der Waals surface area (Å²) in [6.45, 7) is 5.06. The van der Waals surface area contributed by atoms with Crippen molar-refractivity contribution in [1.82, 2.24) is 15.1 Å². The lowest BCUT2D eigenvalue weighted by Crippen LogP contribution is -2.43. The van der Waals surface area contributed by atoms with E-state index in [9.17, 15) is 5.11 Å². The van der Waals surface area contributed by atoms with Gasteiger partial charge in [0.25, 0.3) is 0 Å². The summed E-state index contributed by atoms with van der Waals surface area (Å²) >= 11 is 0. The quantitative estimate of drug-likeness (QED) is 0.860. The molecule has 1 unspecified atom stereocenters. The minimum atomic E-state index is -0.511. The zero-order valence-electron chi connectivity index (χ0n) is 11.7. The Morgan fingerprint density at radius 3 is 2.78 bits per heavy atom. The van der Waals surface area contributed by atoms with Gasteiger partial charge in [-0.3, -0.25) is 4.68 Å². The first kappa shape index (κ1) is 13.6. The molecule has 1 atom stereocenters. The van der Waals surface area contributed by atoms with Gasteiger partial charge in [-0.15, -0.1) is 0 Å². The van der Waals surface area contributed by atoms with Crippen LogP contribution >= 0.6 is 0 Å². The molecule has 1 aromatic heterocycles. The fourth-order valence-electron chi connectivity index (χ4n) is 2.60. The molecular weight excluding hydrogens is 226 g/mol. The third-order valence-electron chi connectivity index (χ3n) is 4.17. The van der Waals surface area contributed by atoms with Gasteiger partial charge in [-0.25, -0.2) is 0 Å². The van der Waals surface area contributed by atoms with E-state index < -0.39 is 5.60 Å². The summed E-state index contributed by atoms with van der Waals surface area (Å²) in [5.41, 5.74) is 0.661. The molecular formula is C14H25N3O. The third-order valence-corrected chi connectivity index (χ3v) is 4.17. The van der Waals surface area contributed by atoms with E-state index in [1.165, 1.54) is 5.56 Å². The fourth-order valence-corrected chi connectivity index (χ4v) is 2.60. The summed E-state index contributed by atoms with van der Waals surface area (Å²) in [7, 11) is 1.92. The van der Waals surface area contributed by atoms with Gasteiger partial charge in [-0.2, -0.15) is 5.10 Å². The van der Waals surface area contributed by atoms with Crippen LogP contribution in [0, 0.1) is 5.92 Å². The average molecular weight is 251 g/mol. The van der Waals surface area contributed by atoms with Crippen molar-refractivity contribution < 1.29 is 5.11 Å². The molecule has 0 amide bonds. The number of nitrogens with zero attached hydrogens (tertiary/aromatic N) is 2. The second-order valence-electron chi connectivity index (χ2n) is 5.96. The lowest BCUT2D eigenvalue weighted by molar-refractivity contribution is -0.00783. The molecule has 1 aromatic rings. The van der Waals surface area contributed by atoms with E-state index >= 15 is 0 Å². The van der Waals surface area contributed by atoms with E-state index in [0.717, 1.165) is 31.6 Å².